The van der Waals surface area contributed by atoms with E-state index in [1.807, 2.05) is 40.7 Å². The first kappa shape index (κ1) is 25.0. The van der Waals surface area contributed by atoms with Crippen molar-refractivity contribution in [2.24, 2.45) is 0 Å². The largest absolute Gasteiger partial charge is 0.507 e. The number of ether oxygens (including phenoxy) is 1. The molecule has 0 aliphatic heterocycles. The van der Waals surface area contributed by atoms with E-state index in [0.717, 1.165) is 6.42 Å². The predicted molar refractivity (Wildman–Crippen MR) is 132 cm³/mol. The summed E-state index contributed by atoms with van der Waals surface area (Å²) in [6.07, 6.45) is 7.10. The molecule has 32 heavy (non-hydrogen) atoms. The molecule has 0 unspecified atom stereocenters. The molecule has 0 saturated heterocycles. The molecule has 0 fully saturated rings. The van der Waals surface area contributed by atoms with Gasteiger partial charge in [0.2, 0.25) is 0 Å². The van der Waals surface area contributed by atoms with Crippen molar-refractivity contribution in [1.29, 1.82) is 0 Å². The van der Waals surface area contributed by atoms with E-state index in [4.69, 9.17) is 4.74 Å². The second-order valence-electron chi connectivity index (χ2n) is 8.95. The van der Waals surface area contributed by atoms with Crippen LogP contribution >= 0.6 is 0 Å². The van der Waals surface area contributed by atoms with Gasteiger partial charge in [-0.3, -0.25) is 4.79 Å². The van der Waals surface area contributed by atoms with E-state index < -0.39 is 10.8 Å². The first-order valence-corrected chi connectivity index (χ1v) is 10.8. The Labute approximate surface area is 191 Å². The molecule has 4 nitrogen and oxygen atoms in total. The molecule has 0 amide bonds. The highest BCUT2D eigenvalue weighted by atomic mass is 16.5. The summed E-state index contributed by atoms with van der Waals surface area (Å²) in [5.41, 5.74) is 0.309. The van der Waals surface area contributed by atoms with Gasteiger partial charge in [0.25, 0.3) is 0 Å². The van der Waals surface area contributed by atoms with E-state index in [1.165, 1.54) is 6.08 Å². The van der Waals surface area contributed by atoms with E-state index in [1.54, 1.807) is 42.5 Å². The maximum absolute atomic E-state index is 12.7. The van der Waals surface area contributed by atoms with Crippen molar-refractivity contribution in [3.63, 3.8) is 0 Å². The van der Waals surface area contributed by atoms with E-state index in [0.29, 0.717) is 34.6 Å². The summed E-state index contributed by atoms with van der Waals surface area (Å²) in [5, 5.41) is 22.6. The van der Waals surface area contributed by atoms with Crippen LogP contribution in [0.15, 0.2) is 61.7 Å². The Morgan fingerprint density at radius 1 is 0.969 bits per heavy atom. The number of carbonyl (C=O) groups is 1. The van der Waals surface area contributed by atoms with Gasteiger partial charge in [-0.05, 0) is 18.6 Å². The second kappa shape index (κ2) is 9.90. The second-order valence-corrected chi connectivity index (χ2v) is 8.95. The molecule has 0 spiro atoms. The van der Waals surface area contributed by atoms with Gasteiger partial charge in [0.15, 0.2) is 5.78 Å². The van der Waals surface area contributed by atoms with Crippen LogP contribution in [0.1, 0.15) is 68.1 Å². The Balaban J connectivity index is 2.87. The third kappa shape index (κ3) is 4.96. The number of ketones is 1. The summed E-state index contributed by atoms with van der Waals surface area (Å²) in [6.45, 7) is 17.7. The van der Waals surface area contributed by atoms with Gasteiger partial charge in [-0.1, -0.05) is 77.1 Å². The van der Waals surface area contributed by atoms with Gasteiger partial charge in [0, 0.05) is 27.5 Å². The lowest BCUT2D eigenvalue weighted by atomic mass is 9.75. The van der Waals surface area contributed by atoms with Crippen molar-refractivity contribution in [2.75, 3.05) is 6.61 Å². The van der Waals surface area contributed by atoms with Crippen LogP contribution in [0.2, 0.25) is 0 Å². The Kier molecular flexibility index (Phi) is 7.73. The normalized spacial score (nSPS) is 12.0. The quantitative estimate of drug-likeness (QED) is 0.248. The Hall–Kier alpha value is -3.27. The molecule has 2 aromatic rings. The summed E-state index contributed by atoms with van der Waals surface area (Å²) in [5.74, 6) is -0.0600. The fourth-order valence-electron chi connectivity index (χ4n) is 3.50. The molecule has 0 bridgehead atoms. The van der Waals surface area contributed by atoms with Crippen LogP contribution in [0.5, 0.6) is 17.2 Å². The van der Waals surface area contributed by atoms with Crippen LogP contribution in [0.4, 0.5) is 0 Å². The van der Waals surface area contributed by atoms with Crippen molar-refractivity contribution in [3.8, 4) is 17.2 Å². The average Bonchev–Trinajstić information content (AvgIpc) is 2.77. The number of allylic oxidation sites excluding steroid dienone is 3. The standard InChI is InChI=1S/C28H34O4/c1-8-18-32-26-20(16-17-21(29)19-14-12-11-13-15-19)24(30)22(27(4,5)9-2)25(31)23(26)28(6,7)10-3/h9-17,30-31H,2-3,8,18H2,1,4-7H3. The van der Waals surface area contributed by atoms with Gasteiger partial charge in [-0.15, -0.1) is 13.2 Å². The molecule has 0 aromatic heterocycles. The SMILES string of the molecule is C=CC(C)(C)c1c(O)c(C=CC(=O)c2ccccc2)c(OCCC)c(C(C)(C)C=C)c1O. The molecule has 4 heteroatoms. The van der Waals surface area contributed by atoms with Crippen molar-refractivity contribution in [3.05, 3.63) is 84.0 Å². The van der Waals surface area contributed by atoms with Gasteiger partial charge in [0.1, 0.15) is 17.2 Å². The minimum atomic E-state index is -0.741. The molecule has 0 atom stereocenters. The fourth-order valence-corrected chi connectivity index (χ4v) is 3.50. The summed E-state index contributed by atoms with van der Waals surface area (Å²) in [7, 11) is 0. The molecule has 170 valence electrons. The maximum atomic E-state index is 12.7. The topological polar surface area (TPSA) is 66.8 Å². The van der Waals surface area contributed by atoms with Crippen LogP contribution in [-0.2, 0) is 10.8 Å². The Morgan fingerprint density at radius 2 is 1.53 bits per heavy atom. The average molecular weight is 435 g/mol. The molecule has 0 saturated carbocycles. The van der Waals surface area contributed by atoms with Gasteiger partial charge < -0.3 is 14.9 Å². The lowest BCUT2D eigenvalue weighted by Crippen LogP contribution is -2.21. The smallest absolute Gasteiger partial charge is 0.185 e. The molecule has 0 heterocycles. The van der Waals surface area contributed by atoms with E-state index in [-0.39, 0.29) is 17.3 Å². The molecular weight excluding hydrogens is 400 g/mol. The van der Waals surface area contributed by atoms with Gasteiger partial charge in [-0.2, -0.15) is 0 Å². The maximum Gasteiger partial charge on any atom is 0.185 e. The van der Waals surface area contributed by atoms with Crippen LogP contribution < -0.4 is 4.74 Å². The molecular formula is C28H34O4. The Morgan fingerprint density at radius 3 is 2.06 bits per heavy atom. The van der Waals surface area contributed by atoms with E-state index in [2.05, 4.69) is 13.2 Å². The lowest BCUT2D eigenvalue weighted by molar-refractivity contribution is 0.104. The third-order valence-corrected chi connectivity index (χ3v) is 5.66. The number of aromatic hydroxyl groups is 2. The zero-order valence-corrected chi connectivity index (χ0v) is 19.7. The Bertz CT molecular complexity index is 1030. The molecule has 0 aliphatic rings. The summed E-state index contributed by atoms with van der Waals surface area (Å²) in [4.78, 5) is 12.7. The van der Waals surface area contributed by atoms with E-state index in [9.17, 15) is 15.0 Å². The molecule has 2 aromatic carbocycles. The predicted octanol–water partition coefficient (Wildman–Crippen LogP) is 6.71. The minimum Gasteiger partial charge on any atom is -0.507 e. The lowest BCUT2D eigenvalue weighted by Gasteiger charge is -2.32. The first-order chi connectivity index (χ1) is 15.0. The third-order valence-electron chi connectivity index (χ3n) is 5.66. The van der Waals surface area contributed by atoms with Gasteiger partial charge >= 0.3 is 0 Å². The minimum absolute atomic E-state index is 0.0602. The highest BCUT2D eigenvalue weighted by molar-refractivity contribution is 6.07. The van der Waals surface area contributed by atoms with Crippen LogP contribution in [0.3, 0.4) is 0 Å². The van der Waals surface area contributed by atoms with E-state index >= 15 is 0 Å². The monoisotopic (exact) mass is 434 g/mol. The van der Waals surface area contributed by atoms with Crippen molar-refractivity contribution in [2.45, 2.75) is 51.9 Å². The number of carbonyl (C=O) groups excluding carboxylic acids is 1. The van der Waals surface area contributed by atoms with Crippen LogP contribution in [0, 0.1) is 0 Å². The number of phenols is 2. The number of hydrogen-bond donors (Lipinski definition) is 2. The van der Waals surface area contributed by atoms with Crippen molar-refractivity contribution in [1.82, 2.24) is 0 Å². The molecule has 0 radical (unpaired) electrons. The van der Waals surface area contributed by atoms with Crippen molar-refractivity contribution >= 4 is 11.9 Å². The number of rotatable bonds is 10. The summed E-state index contributed by atoms with van der Waals surface area (Å²) >= 11 is 0. The highest BCUT2D eigenvalue weighted by Gasteiger charge is 2.36. The summed E-state index contributed by atoms with van der Waals surface area (Å²) in [6, 6.07) is 8.90. The van der Waals surface area contributed by atoms with Gasteiger partial charge in [-0.25, -0.2) is 0 Å². The van der Waals surface area contributed by atoms with Crippen molar-refractivity contribution < 1.29 is 19.7 Å². The van der Waals surface area contributed by atoms with Crippen LogP contribution in [0.25, 0.3) is 6.08 Å². The number of hydrogen-bond acceptors (Lipinski definition) is 4. The van der Waals surface area contributed by atoms with Gasteiger partial charge in [0.05, 0.1) is 12.2 Å². The first-order valence-electron chi connectivity index (χ1n) is 10.8. The number of benzene rings is 2. The fraction of sp³-hybridized carbons (Fsp3) is 0.321. The highest BCUT2D eigenvalue weighted by Crippen LogP contribution is 2.52. The molecule has 2 N–H and O–H groups in total. The number of phenolic OH excluding ortho intramolecular Hbond substituents is 2. The molecule has 2 rings (SSSR count). The zero-order valence-electron chi connectivity index (χ0n) is 19.7. The summed E-state index contributed by atoms with van der Waals surface area (Å²) < 4.78 is 6.05. The van der Waals surface area contributed by atoms with Crippen LogP contribution in [-0.4, -0.2) is 22.6 Å². The zero-order chi connectivity index (χ0) is 24.1. The molecule has 0 aliphatic carbocycles.